The minimum Gasteiger partial charge on any atom is -0.295 e. The van der Waals surface area contributed by atoms with Crippen molar-refractivity contribution in [1.29, 1.82) is 0 Å². The molecule has 66 valence electrons. The molecule has 0 saturated heterocycles. The minimum absolute atomic E-state index is 0.0683. The molecule has 0 atom stereocenters. The van der Waals surface area contributed by atoms with Gasteiger partial charge in [0.15, 0.2) is 5.78 Å². The van der Waals surface area contributed by atoms with E-state index in [-0.39, 0.29) is 5.78 Å². The van der Waals surface area contributed by atoms with Crippen molar-refractivity contribution in [3.63, 3.8) is 0 Å². The van der Waals surface area contributed by atoms with E-state index in [2.05, 4.69) is 13.2 Å². The molecule has 1 nitrogen and oxygen atoms in total. The Balaban J connectivity index is 3.12. The van der Waals surface area contributed by atoms with Crippen LogP contribution in [-0.4, -0.2) is 5.78 Å². The first-order chi connectivity index (χ1) is 6.15. The fraction of sp³-hybridized carbons (Fsp3) is 0.0833. The van der Waals surface area contributed by atoms with Gasteiger partial charge in [0.05, 0.1) is 0 Å². The third-order valence-corrected chi connectivity index (χ3v) is 1.89. The molecule has 0 radical (unpaired) electrons. The van der Waals surface area contributed by atoms with Crippen LogP contribution < -0.4 is 0 Å². The largest absolute Gasteiger partial charge is 0.295 e. The standard InChI is InChI=1S/C12H12O/c1-4-9(2)11-6-5-7-12(8-11)10(3)13/h4-8H,1-2H2,3H3. The summed E-state index contributed by atoms with van der Waals surface area (Å²) in [5, 5.41) is 0. The van der Waals surface area contributed by atoms with Crippen molar-refractivity contribution in [2.24, 2.45) is 0 Å². The summed E-state index contributed by atoms with van der Waals surface area (Å²) in [6.07, 6.45) is 1.68. The molecule has 0 unspecified atom stereocenters. The van der Waals surface area contributed by atoms with Crippen LogP contribution in [0.5, 0.6) is 0 Å². The Morgan fingerprint density at radius 3 is 2.54 bits per heavy atom. The van der Waals surface area contributed by atoms with Gasteiger partial charge < -0.3 is 0 Å². The van der Waals surface area contributed by atoms with Crippen LogP contribution in [0.4, 0.5) is 0 Å². The second-order valence-corrected chi connectivity index (χ2v) is 2.87. The van der Waals surface area contributed by atoms with Gasteiger partial charge in [-0.2, -0.15) is 0 Å². The van der Waals surface area contributed by atoms with E-state index in [0.29, 0.717) is 5.56 Å². The monoisotopic (exact) mass is 172 g/mol. The third-order valence-electron chi connectivity index (χ3n) is 1.89. The highest BCUT2D eigenvalue weighted by molar-refractivity contribution is 5.95. The van der Waals surface area contributed by atoms with Crippen LogP contribution in [0.1, 0.15) is 22.8 Å². The van der Waals surface area contributed by atoms with E-state index in [9.17, 15) is 4.79 Å². The van der Waals surface area contributed by atoms with E-state index in [0.717, 1.165) is 11.1 Å². The molecule has 0 aliphatic carbocycles. The number of ketones is 1. The second-order valence-electron chi connectivity index (χ2n) is 2.87. The van der Waals surface area contributed by atoms with Gasteiger partial charge in [-0.3, -0.25) is 4.79 Å². The summed E-state index contributed by atoms with van der Waals surface area (Å²) < 4.78 is 0. The molecule has 0 aliphatic heterocycles. The molecule has 0 aromatic heterocycles. The quantitative estimate of drug-likeness (QED) is 0.505. The number of rotatable bonds is 3. The van der Waals surface area contributed by atoms with Gasteiger partial charge in [-0.1, -0.05) is 37.4 Å². The first-order valence-electron chi connectivity index (χ1n) is 4.08. The summed E-state index contributed by atoms with van der Waals surface area (Å²) in [5.74, 6) is 0.0683. The van der Waals surface area contributed by atoms with Crippen LogP contribution in [0.25, 0.3) is 5.57 Å². The summed E-state index contributed by atoms with van der Waals surface area (Å²) in [6, 6.07) is 7.38. The van der Waals surface area contributed by atoms with E-state index in [4.69, 9.17) is 0 Å². The number of carbonyl (C=O) groups is 1. The lowest BCUT2D eigenvalue weighted by Gasteiger charge is -2.01. The van der Waals surface area contributed by atoms with Crippen LogP contribution >= 0.6 is 0 Å². The van der Waals surface area contributed by atoms with Gasteiger partial charge in [0.25, 0.3) is 0 Å². The lowest BCUT2D eigenvalue weighted by Crippen LogP contribution is -1.92. The van der Waals surface area contributed by atoms with Gasteiger partial charge in [0.2, 0.25) is 0 Å². The number of Topliss-reactive ketones (excluding diaryl/α,β-unsaturated/α-hetero) is 1. The van der Waals surface area contributed by atoms with E-state index in [1.165, 1.54) is 0 Å². The van der Waals surface area contributed by atoms with Crippen LogP contribution in [0.2, 0.25) is 0 Å². The van der Waals surface area contributed by atoms with Crippen molar-refractivity contribution in [2.75, 3.05) is 0 Å². The number of hydrogen-bond acceptors (Lipinski definition) is 1. The molecule has 0 spiro atoms. The normalized spacial score (nSPS) is 9.31. The molecular weight excluding hydrogens is 160 g/mol. The first-order valence-corrected chi connectivity index (χ1v) is 4.08. The fourth-order valence-corrected chi connectivity index (χ4v) is 1.06. The molecule has 1 heteroatoms. The highest BCUT2D eigenvalue weighted by Crippen LogP contribution is 2.14. The molecule has 0 saturated carbocycles. The summed E-state index contributed by atoms with van der Waals surface area (Å²) in [4.78, 5) is 11.1. The fourth-order valence-electron chi connectivity index (χ4n) is 1.06. The molecule has 0 heterocycles. The van der Waals surface area contributed by atoms with Crippen molar-refractivity contribution in [1.82, 2.24) is 0 Å². The average Bonchev–Trinajstić information content (AvgIpc) is 2.17. The van der Waals surface area contributed by atoms with E-state index >= 15 is 0 Å². The number of allylic oxidation sites excluding steroid dienone is 2. The van der Waals surface area contributed by atoms with Crippen molar-refractivity contribution < 1.29 is 4.79 Å². The Morgan fingerprint density at radius 2 is 2.00 bits per heavy atom. The van der Waals surface area contributed by atoms with Crippen molar-refractivity contribution >= 4 is 11.4 Å². The Hall–Kier alpha value is -1.63. The van der Waals surface area contributed by atoms with Crippen molar-refractivity contribution in [3.8, 4) is 0 Å². The van der Waals surface area contributed by atoms with Crippen LogP contribution in [0.15, 0.2) is 43.5 Å². The second kappa shape index (κ2) is 3.85. The summed E-state index contributed by atoms with van der Waals surface area (Å²) in [5.41, 5.74) is 2.49. The SMILES string of the molecule is C=CC(=C)c1cccc(C(C)=O)c1. The maximum absolute atomic E-state index is 11.1. The highest BCUT2D eigenvalue weighted by Gasteiger charge is 2.00. The molecule has 0 bridgehead atoms. The predicted octanol–water partition coefficient (Wildman–Crippen LogP) is 3.09. The lowest BCUT2D eigenvalue weighted by atomic mass is 10.0. The molecule has 0 aliphatic rings. The van der Waals surface area contributed by atoms with Gasteiger partial charge in [0, 0.05) is 5.56 Å². The minimum atomic E-state index is 0.0683. The van der Waals surface area contributed by atoms with E-state index in [1.807, 2.05) is 18.2 Å². The highest BCUT2D eigenvalue weighted by atomic mass is 16.1. The first kappa shape index (κ1) is 9.46. The Morgan fingerprint density at radius 1 is 1.38 bits per heavy atom. The van der Waals surface area contributed by atoms with Gasteiger partial charge in [-0.15, -0.1) is 0 Å². The predicted molar refractivity (Wildman–Crippen MR) is 55.7 cm³/mol. The number of benzene rings is 1. The van der Waals surface area contributed by atoms with Crippen LogP contribution in [-0.2, 0) is 0 Å². The summed E-state index contributed by atoms with van der Waals surface area (Å²) in [7, 11) is 0. The maximum Gasteiger partial charge on any atom is 0.159 e. The molecule has 0 N–H and O–H groups in total. The molecule has 1 aromatic rings. The van der Waals surface area contributed by atoms with E-state index < -0.39 is 0 Å². The van der Waals surface area contributed by atoms with Gasteiger partial charge >= 0.3 is 0 Å². The van der Waals surface area contributed by atoms with Crippen LogP contribution in [0.3, 0.4) is 0 Å². The number of carbonyl (C=O) groups excluding carboxylic acids is 1. The Bertz CT molecular complexity index is 361. The zero-order valence-electron chi connectivity index (χ0n) is 7.71. The van der Waals surface area contributed by atoms with Crippen molar-refractivity contribution in [2.45, 2.75) is 6.92 Å². The Kier molecular flexibility index (Phi) is 2.80. The molecule has 1 aromatic carbocycles. The molecule has 13 heavy (non-hydrogen) atoms. The maximum atomic E-state index is 11.1. The van der Waals surface area contributed by atoms with Crippen molar-refractivity contribution in [3.05, 3.63) is 54.6 Å². The summed E-state index contributed by atoms with van der Waals surface area (Å²) in [6.45, 7) is 8.99. The number of hydrogen-bond donors (Lipinski definition) is 0. The zero-order valence-corrected chi connectivity index (χ0v) is 7.71. The lowest BCUT2D eigenvalue weighted by molar-refractivity contribution is 0.101. The topological polar surface area (TPSA) is 17.1 Å². The molecule has 0 fully saturated rings. The van der Waals surface area contributed by atoms with Gasteiger partial charge in [0.1, 0.15) is 0 Å². The zero-order chi connectivity index (χ0) is 9.84. The van der Waals surface area contributed by atoms with Gasteiger partial charge in [-0.25, -0.2) is 0 Å². The average molecular weight is 172 g/mol. The Labute approximate surface area is 78.4 Å². The van der Waals surface area contributed by atoms with Gasteiger partial charge in [-0.05, 0) is 24.1 Å². The summed E-state index contributed by atoms with van der Waals surface area (Å²) >= 11 is 0. The van der Waals surface area contributed by atoms with E-state index in [1.54, 1.807) is 19.1 Å². The molecule has 0 amide bonds. The van der Waals surface area contributed by atoms with Crippen LogP contribution in [0, 0.1) is 0 Å². The molecular formula is C12H12O. The smallest absolute Gasteiger partial charge is 0.159 e. The molecule has 1 rings (SSSR count). The third kappa shape index (κ3) is 2.15.